The number of carbonyl (C=O) groups excluding carboxylic acids is 3. The smallest absolute Gasteiger partial charge is 0.233 e. The molecule has 0 spiro atoms. The van der Waals surface area contributed by atoms with Crippen molar-refractivity contribution >= 4 is 17.6 Å². The highest BCUT2D eigenvalue weighted by Gasteiger charge is 2.53. The minimum absolute atomic E-state index is 0.0115. The molecule has 1 saturated heterocycles. The first kappa shape index (κ1) is 22.8. The average molecular weight is 448 g/mol. The molecule has 2 aromatic carbocycles. The molecule has 2 amide bonds. The van der Waals surface area contributed by atoms with E-state index in [1.807, 2.05) is 55.5 Å². The van der Waals surface area contributed by atoms with E-state index in [4.69, 9.17) is 9.47 Å². The van der Waals surface area contributed by atoms with Gasteiger partial charge in [0.2, 0.25) is 11.8 Å². The Bertz CT molecular complexity index is 1080. The predicted molar refractivity (Wildman–Crippen MR) is 124 cm³/mol. The van der Waals surface area contributed by atoms with E-state index in [1.165, 1.54) is 4.90 Å². The van der Waals surface area contributed by atoms with Gasteiger partial charge in [-0.05, 0) is 36.0 Å². The third-order valence-corrected chi connectivity index (χ3v) is 6.77. The number of ketones is 1. The number of fused-ring (bicyclic) bond motifs is 1. The molecule has 2 unspecified atom stereocenters. The number of Topliss-reactive ketones (excluding diaryl/α,β-unsaturated/α-hetero) is 1. The lowest BCUT2D eigenvalue weighted by molar-refractivity contribution is -0.140. The van der Waals surface area contributed by atoms with E-state index in [2.05, 4.69) is 0 Å². The van der Waals surface area contributed by atoms with Crippen LogP contribution in [-0.2, 0) is 16.0 Å². The van der Waals surface area contributed by atoms with Crippen molar-refractivity contribution in [2.24, 2.45) is 23.7 Å². The van der Waals surface area contributed by atoms with Gasteiger partial charge in [0.15, 0.2) is 17.3 Å². The molecule has 6 nitrogen and oxygen atoms in total. The van der Waals surface area contributed by atoms with Crippen molar-refractivity contribution in [1.82, 2.24) is 4.90 Å². The lowest BCUT2D eigenvalue weighted by Crippen LogP contribution is -2.34. The van der Waals surface area contributed by atoms with Crippen molar-refractivity contribution in [1.29, 1.82) is 0 Å². The van der Waals surface area contributed by atoms with Gasteiger partial charge >= 0.3 is 0 Å². The van der Waals surface area contributed by atoms with E-state index in [0.29, 0.717) is 30.0 Å². The van der Waals surface area contributed by atoms with Crippen LogP contribution in [0.3, 0.4) is 0 Å². The van der Waals surface area contributed by atoms with Crippen LogP contribution in [-0.4, -0.2) is 43.3 Å². The third kappa shape index (κ3) is 4.42. The summed E-state index contributed by atoms with van der Waals surface area (Å²) in [5.41, 5.74) is 1.58. The first-order chi connectivity index (χ1) is 15.9. The van der Waals surface area contributed by atoms with Crippen LogP contribution in [0.5, 0.6) is 11.5 Å². The summed E-state index contributed by atoms with van der Waals surface area (Å²) < 4.78 is 10.6. The highest BCUT2D eigenvalue weighted by molar-refractivity contribution is 6.06. The van der Waals surface area contributed by atoms with Gasteiger partial charge in [-0.1, -0.05) is 55.5 Å². The normalized spacial score (nSPS) is 24.0. The summed E-state index contributed by atoms with van der Waals surface area (Å²) in [6, 6.07) is 14.7. The lowest BCUT2D eigenvalue weighted by atomic mass is 9.70. The van der Waals surface area contributed by atoms with Crippen LogP contribution in [0.2, 0.25) is 0 Å². The summed E-state index contributed by atoms with van der Waals surface area (Å²) in [4.78, 5) is 40.8. The highest BCUT2D eigenvalue weighted by atomic mass is 16.5. The zero-order valence-electron chi connectivity index (χ0n) is 19.2. The van der Waals surface area contributed by atoms with Crippen molar-refractivity contribution in [2.45, 2.75) is 19.8 Å². The molecule has 0 saturated carbocycles. The SMILES string of the molecule is COc1ccc(CCN2C(=O)C3C(C2=O)[C@@H](CC(=O)c2ccccc2)C=C[C@H]3C)cc1OC. The van der Waals surface area contributed by atoms with Crippen LogP contribution in [0.25, 0.3) is 0 Å². The van der Waals surface area contributed by atoms with Gasteiger partial charge in [0.25, 0.3) is 0 Å². The van der Waals surface area contributed by atoms with Crippen molar-refractivity contribution in [2.75, 3.05) is 20.8 Å². The Morgan fingerprint density at radius 1 is 0.909 bits per heavy atom. The van der Waals surface area contributed by atoms with Crippen molar-refractivity contribution < 1.29 is 23.9 Å². The zero-order chi connectivity index (χ0) is 23.5. The molecule has 2 aromatic rings. The second-order valence-electron chi connectivity index (χ2n) is 8.72. The molecule has 1 fully saturated rings. The summed E-state index contributed by atoms with van der Waals surface area (Å²) in [5, 5.41) is 0. The standard InChI is InChI=1S/C27H29NO5/c1-17-9-11-20(16-21(29)19-7-5-4-6-8-19)25-24(17)26(30)28(27(25)31)14-13-18-10-12-22(32-2)23(15-18)33-3/h4-12,15,17,20,24-25H,13-14,16H2,1-3H3/t17-,20-,24?,25?/m1/s1. The highest BCUT2D eigenvalue weighted by Crippen LogP contribution is 2.43. The zero-order valence-corrected chi connectivity index (χ0v) is 19.2. The molecule has 1 aliphatic carbocycles. The number of amides is 2. The third-order valence-electron chi connectivity index (χ3n) is 6.77. The van der Waals surface area contributed by atoms with Gasteiger partial charge in [-0.3, -0.25) is 19.3 Å². The first-order valence-corrected chi connectivity index (χ1v) is 11.3. The number of rotatable bonds is 8. The van der Waals surface area contributed by atoms with Gasteiger partial charge in [-0.2, -0.15) is 0 Å². The Labute approximate surface area is 194 Å². The molecule has 0 radical (unpaired) electrons. The van der Waals surface area contributed by atoms with Gasteiger partial charge < -0.3 is 9.47 Å². The van der Waals surface area contributed by atoms with E-state index in [9.17, 15) is 14.4 Å². The summed E-state index contributed by atoms with van der Waals surface area (Å²) >= 11 is 0. The topological polar surface area (TPSA) is 72.9 Å². The molecular formula is C27H29NO5. The molecule has 0 bridgehead atoms. The molecule has 0 N–H and O–H groups in total. The minimum atomic E-state index is -0.490. The largest absolute Gasteiger partial charge is 0.493 e. The Hall–Kier alpha value is -3.41. The number of benzene rings is 2. The Balaban J connectivity index is 1.50. The molecule has 2 aliphatic rings. The Morgan fingerprint density at radius 3 is 2.30 bits per heavy atom. The molecular weight excluding hydrogens is 418 g/mol. The summed E-state index contributed by atoms with van der Waals surface area (Å²) in [6.45, 7) is 2.26. The first-order valence-electron chi connectivity index (χ1n) is 11.3. The second kappa shape index (κ2) is 9.61. The molecule has 33 heavy (non-hydrogen) atoms. The van der Waals surface area contributed by atoms with Gasteiger partial charge in [-0.15, -0.1) is 0 Å². The number of hydrogen-bond donors (Lipinski definition) is 0. The van der Waals surface area contributed by atoms with Crippen molar-refractivity contribution in [3.05, 3.63) is 71.8 Å². The number of imide groups is 1. The second-order valence-corrected chi connectivity index (χ2v) is 8.72. The maximum absolute atomic E-state index is 13.4. The lowest BCUT2D eigenvalue weighted by Gasteiger charge is -2.29. The van der Waals surface area contributed by atoms with Crippen LogP contribution in [0.15, 0.2) is 60.7 Å². The van der Waals surface area contributed by atoms with Crippen LogP contribution < -0.4 is 9.47 Å². The number of methoxy groups -OCH3 is 2. The summed E-state index contributed by atoms with van der Waals surface area (Å²) in [6.07, 6.45) is 4.67. The van der Waals surface area contributed by atoms with E-state index in [-0.39, 0.29) is 35.9 Å². The fourth-order valence-corrected chi connectivity index (χ4v) is 4.98. The number of carbonyl (C=O) groups is 3. The molecule has 1 heterocycles. The van der Waals surface area contributed by atoms with E-state index in [0.717, 1.165) is 5.56 Å². The number of likely N-dealkylation sites (tertiary alicyclic amines) is 1. The van der Waals surface area contributed by atoms with Gasteiger partial charge in [-0.25, -0.2) is 0 Å². The number of nitrogens with zero attached hydrogens (tertiary/aromatic N) is 1. The molecule has 4 rings (SSSR count). The molecule has 4 atom stereocenters. The fraction of sp³-hybridized carbons (Fsp3) is 0.370. The maximum Gasteiger partial charge on any atom is 0.233 e. The fourth-order valence-electron chi connectivity index (χ4n) is 4.98. The Kier molecular flexibility index (Phi) is 6.63. The van der Waals surface area contributed by atoms with Crippen molar-refractivity contribution in [3.63, 3.8) is 0 Å². The van der Waals surface area contributed by atoms with Gasteiger partial charge in [0.1, 0.15) is 0 Å². The van der Waals surface area contributed by atoms with E-state index < -0.39 is 11.8 Å². The van der Waals surface area contributed by atoms with Crippen LogP contribution in [0.4, 0.5) is 0 Å². The number of ether oxygens (including phenoxy) is 2. The number of hydrogen-bond acceptors (Lipinski definition) is 5. The predicted octanol–water partition coefficient (Wildman–Crippen LogP) is 3.94. The van der Waals surface area contributed by atoms with Crippen LogP contribution >= 0.6 is 0 Å². The molecule has 6 heteroatoms. The van der Waals surface area contributed by atoms with Gasteiger partial charge in [0.05, 0.1) is 26.1 Å². The van der Waals surface area contributed by atoms with E-state index in [1.54, 1.807) is 26.4 Å². The van der Waals surface area contributed by atoms with Crippen LogP contribution in [0.1, 0.15) is 29.3 Å². The monoisotopic (exact) mass is 447 g/mol. The summed E-state index contributed by atoms with van der Waals surface area (Å²) in [5.74, 6) is -0.305. The quantitative estimate of drug-likeness (QED) is 0.348. The number of allylic oxidation sites excluding steroid dienone is 2. The molecule has 172 valence electrons. The van der Waals surface area contributed by atoms with Crippen molar-refractivity contribution in [3.8, 4) is 11.5 Å². The molecule has 0 aromatic heterocycles. The van der Waals surface area contributed by atoms with Gasteiger partial charge in [0, 0.05) is 18.5 Å². The average Bonchev–Trinajstić information content (AvgIpc) is 3.10. The maximum atomic E-state index is 13.4. The summed E-state index contributed by atoms with van der Waals surface area (Å²) in [7, 11) is 3.15. The molecule has 1 aliphatic heterocycles. The Morgan fingerprint density at radius 2 is 1.61 bits per heavy atom. The van der Waals surface area contributed by atoms with Crippen LogP contribution in [0, 0.1) is 23.7 Å². The minimum Gasteiger partial charge on any atom is -0.493 e. The van der Waals surface area contributed by atoms with E-state index >= 15 is 0 Å².